The third-order valence-corrected chi connectivity index (χ3v) is 8.71. The molecule has 0 aromatic rings. The summed E-state index contributed by atoms with van der Waals surface area (Å²) in [6.07, 6.45) is 15.5. The maximum atomic E-state index is 2.71. The van der Waals surface area contributed by atoms with Crippen LogP contribution in [0.1, 0.15) is 85.0 Å². The monoisotopic (exact) mass is 274 g/mol. The van der Waals surface area contributed by atoms with Crippen LogP contribution in [0.5, 0.6) is 0 Å². The number of hydrogen-bond acceptors (Lipinski definition) is 0. The predicted octanol–water partition coefficient (Wildman–Crippen LogP) is 6.06. The molecule has 4 rings (SSSR count). The Labute approximate surface area is 126 Å². The van der Waals surface area contributed by atoms with E-state index in [1.807, 2.05) is 0 Å². The molecule has 4 aliphatic rings. The Bertz CT molecular complexity index is 385. The topological polar surface area (TPSA) is 0 Å². The zero-order chi connectivity index (χ0) is 14.0. The Morgan fingerprint density at radius 3 is 2.50 bits per heavy atom. The molecule has 0 heterocycles. The minimum atomic E-state index is 0.722. The summed E-state index contributed by atoms with van der Waals surface area (Å²) < 4.78 is 0. The largest absolute Gasteiger partial charge is 0.0625 e. The highest BCUT2D eigenvalue weighted by molar-refractivity contribution is 5.07. The molecule has 114 valence electrons. The lowest BCUT2D eigenvalue weighted by molar-refractivity contribution is -0.110. The maximum absolute atomic E-state index is 2.71. The van der Waals surface area contributed by atoms with Crippen molar-refractivity contribution in [2.75, 3.05) is 0 Å². The summed E-state index contributed by atoms with van der Waals surface area (Å²) in [5.74, 6) is 5.36. The van der Waals surface area contributed by atoms with E-state index in [1.165, 1.54) is 19.3 Å². The van der Waals surface area contributed by atoms with Gasteiger partial charge in [-0.2, -0.15) is 0 Å². The van der Waals surface area contributed by atoms with Crippen LogP contribution in [0.25, 0.3) is 0 Å². The SMILES string of the molecule is CC1CCC2(C)C(CCC3C2CC[C@]2(C)CCCC32)C1. The van der Waals surface area contributed by atoms with Crippen molar-refractivity contribution < 1.29 is 0 Å². The van der Waals surface area contributed by atoms with Gasteiger partial charge in [-0.3, -0.25) is 0 Å². The van der Waals surface area contributed by atoms with E-state index in [4.69, 9.17) is 0 Å². The van der Waals surface area contributed by atoms with E-state index in [-0.39, 0.29) is 0 Å². The first-order valence-corrected chi connectivity index (χ1v) is 9.53. The second-order valence-electron chi connectivity index (χ2n) is 9.62. The Morgan fingerprint density at radius 1 is 0.800 bits per heavy atom. The number of rotatable bonds is 0. The molecule has 20 heavy (non-hydrogen) atoms. The molecule has 0 heteroatoms. The highest BCUT2D eigenvalue weighted by atomic mass is 14.6. The lowest BCUT2D eigenvalue weighted by atomic mass is 9.45. The van der Waals surface area contributed by atoms with Gasteiger partial charge in [0.25, 0.3) is 0 Å². The molecule has 0 radical (unpaired) electrons. The molecule has 0 amide bonds. The van der Waals surface area contributed by atoms with Crippen LogP contribution in [0.3, 0.4) is 0 Å². The lowest BCUT2D eigenvalue weighted by Crippen LogP contribution is -2.52. The minimum absolute atomic E-state index is 0.722. The van der Waals surface area contributed by atoms with Crippen LogP contribution in [-0.4, -0.2) is 0 Å². The molecule has 7 atom stereocenters. The van der Waals surface area contributed by atoms with Crippen LogP contribution in [0.4, 0.5) is 0 Å². The molecule has 0 aromatic carbocycles. The van der Waals surface area contributed by atoms with E-state index in [2.05, 4.69) is 20.8 Å². The van der Waals surface area contributed by atoms with Gasteiger partial charge in [-0.15, -0.1) is 0 Å². The first-order chi connectivity index (χ1) is 9.53. The molecule has 0 aromatic heterocycles. The Kier molecular flexibility index (Phi) is 3.07. The Balaban J connectivity index is 1.62. The van der Waals surface area contributed by atoms with Crippen molar-refractivity contribution in [3.8, 4) is 0 Å². The van der Waals surface area contributed by atoms with E-state index in [9.17, 15) is 0 Å². The molecule has 4 aliphatic carbocycles. The van der Waals surface area contributed by atoms with Crippen molar-refractivity contribution in [1.29, 1.82) is 0 Å². The molecule has 0 nitrogen and oxygen atoms in total. The summed E-state index contributed by atoms with van der Waals surface area (Å²) in [5, 5.41) is 0. The molecule has 0 N–H and O–H groups in total. The molecule has 0 spiro atoms. The van der Waals surface area contributed by atoms with E-state index in [0.29, 0.717) is 0 Å². The summed E-state index contributed by atoms with van der Waals surface area (Å²) in [5.41, 5.74) is 1.46. The van der Waals surface area contributed by atoms with Crippen molar-refractivity contribution in [2.24, 2.45) is 40.4 Å². The standard InChI is InChI=1S/C20H34/c1-14-8-12-20(3)15(13-14)6-7-16-17-5-4-10-19(17,2)11-9-18(16)20/h14-18H,4-13H2,1-3H3/t14?,15?,16?,17?,18?,19-,20?/m0/s1. The second kappa shape index (κ2) is 4.50. The van der Waals surface area contributed by atoms with Gasteiger partial charge >= 0.3 is 0 Å². The molecule has 0 aliphatic heterocycles. The van der Waals surface area contributed by atoms with E-state index < -0.39 is 0 Å². The van der Waals surface area contributed by atoms with Gasteiger partial charge in [-0.1, -0.05) is 33.6 Å². The van der Waals surface area contributed by atoms with Gasteiger partial charge in [0.15, 0.2) is 0 Å². The average molecular weight is 274 g/mol. The van der Waals surface area contributed by atoms with Gasteiger partial charge in [0, 0.05) is 0 Å². The first kappa shape index (κ1) is 13.6. The molecular formula is C20H34. The maximum Gasteiger partial charge on any atom is -0.0266 e. The summed E-state index contributed by atoms with van der Waals surface area (Å²) >= 11 is 0. The van der Waals surface area contributed by atoms with Crippen molar-refractivity contribution >= 4 is 0 Å². The summed E-state index contributed by atoms with van der Waals surface area (Å²) in [4.78, 5) is 0. The Hall–Kier alpha value is 0. The molecular weight excluding hydrogens is 240 g/mol. The predicted molar refractivity (Wildman–Crippen MR) is 85.5 cm³/mol. The van der Waals surface area contributed by atoms with Gasteiger partial charge in [0.2, 0.25) is 0 Å². The first-order valence-electron chi connectivity index (χ1n) is 9.53. The van der Waals surface area contributed by atoms with Crippen LogP contribution in [0, 0.1) is 40.4 Å². The zero-order valence-electron chi connectivity index (χ0n) is 14.0. The fourth-order valence-electron chi connectivity index (χ4n) is 7.47. The normalized spacial score (nSPS) is 58.6. The van der Waals surface area contributed by atoms with Gasteiger partial charge in [0.1, 0.15) is 0 Å². The van der Waals surface area contributed by atoms with E-state index in [1.54, 1.807) is 44.9 Å². The van der Waals surface area contributed by atoms with Crippen molar-refractivity contribution in [3.63, 3.8) is 0 Å². The van der Waals surface area contributed by atoms with E-state index >= 15 is 0 Å². The number of hydrogen-bond donors (Lipinski definition) is 0. The smallest absolute Gasteiger partial charge is 0.0266 e. The zero-order valence-corrected chi connectivity index (χ0v) is 14.0. The third-order valence-electron chi connectivity index (χ3n) is 8.71. The molecule has 4 saturated carbocycles. The van der Waals surface area contributed by atoms with Crippen LogP contribution in [0.2, 0.25) is 0 Å². The quantitative estimate of drug-likeness (QED) is 0.504. The van der Waals surface area contributed by atoms with Crippen LogP contribution < -0.4 is 0 Å². The fourth-order valence-corrected chi connectivity index (χ4v) is 7.47. The van der Waals surface area contributed by atoms with E-state index in [0.717, 1.165) is 40.4 Å². The van der Waals surface area contributed by atoms with Gasteiger partial charge in [-0.25, -0.2) is 0 Å². The lowest BCUT2D eigenvalue weighted by Gasteiger charge is -2.60. The average Bonchev–Trinajstić information content (AvgIpc) is 2.81. The van der Waals surface area contributed by atoms with Gasteiger partial charge < -0.3 is 0 Å². The van der Waals surface area contributed by atoms with Crippen LogP contribution in [0.15, 0.2) is 0 Å². The highest BCUT2D eigenvalue weighted by Gasteiger charge is 2.57. The van der Waals surface area contributed by atoms with Gasteiger partial charge in [0.05, 0.1) is 0 Å². The minimum Gasteiger partial charge on any atom is -0.0625 e. The summed E-state index contributed by atoms with van der Waals surface area (Å²) in [6.45, 7) is 7.84. The molecule has 4 fully saturated rings. The summed E-state index contributed by atoms with van der Waals surface area (Å²) in [7, 11) is 0. The molecule has 0 bridgehead atoms. The van der Waals surface area contributed by atoms with Crippen LogP contribution in [-0.2, 0) is 0 Å². The number of fused-ring (bicyclic) bond motifs is 5. The van der Waals surface area contributed by atoms with Crippen molar-refractivity contribution in [2.45, 2.75) is 85.0 Å². The fraction of sp³-hybridized carbons (Fsp3) is 1.00. The van der Waals surface area contributed by atoms with Crippen LogP contribution >= 0.6 is 0 Å². The second-order valence-corrected chi connectivity index (χ2v) is 9.62. The molecule has 6 unspecified atom stereocenters. The Morgan fingerprint density at radius 2 is 1.65 bits per heavy atom. The highest BCUT2D eigenvalue weighted by Crippen LogP contribution is 2.66. The van der Waals surface area contributed by atoms with Crippen molar-refractivity contribution in [3.05, 3.63) is 0 Å². The summed E-state index contributed by atoms with van der Waals surface area (Å²) in [6, 6.07) is 0. The van der Waals surface area contributed by atoms with Crippen molar-refractivity contribution in [1.82, 2.24) is 0 Å². The third kappa shape index (κ3) is 1.78. The molecule has 0 saturated heterocycles. The van der Waals surface area contributed by atoms with Gasteiger partial charge in [-0.05, 0) is 91.8 Å².